The summed E-state index contributed by atoms with van der Waals surface area (Å²) < 4.78 is 4.97. The van der Waals surface area contributed by atoms with Crippen LogP contribution in [-0.2, 0) is 20.9 Å². The predicted molar refractivity (Wildman–Crippen MR) is 74.5 cm³/mol. The fraction of sp³-hybridized carbons (Fsp3) is 0.357. The highest BCUT2D eigenvalue weighted by molar-refractivity contribution is 5.85. The van der Waals surface area contributed by atoms with E-state index in [1.165, 1.54) is 6.92 Å². The van der Waals surface area contributed by atoms with E-state index in [1.807, 2.05) is 30.3 Å². The zero-order chi connectivity index (χ0) is 15.7. The molecule has 114 valence electrons. The Hall–Kier alpha value is -2.57. The summed E-state index contributed by atoms with van der Waals surface area (Å²) in [5, 5.41) is 13.2. The molecule has 3 N–H and O–H groups in total. The molecule has 0 heterocycles. The van der Waals surface area contributed by atoms with E-state index in [0.29, 0.717) is 0 Å². The van der Waals surface area contributed by atoms with Crippen LogP contribution in [0.15, 0.2) is 30.3 Å². The van der Waals surface area contributed by atoms with Crippen LogP contribution >= 0.6 is 0 Å². The van der Waals surface area contributed by atoms with Crippen LogP contribution in [0.25, 0.3) is 0 Å². The SMILES string of the molecule is C[C@H](NC(=O)OCc1ccccc1)C(=O)NCCC(=O)O. The zero-order valence-corrected chi connectivity index (χ0v) is 11.7. The standard InChI is InChI=1S/C14H18N2O5/c1-10(13(19)15-8-7-12(17)18)16-14(20)21-9-11-5-3-2-4-6-11/h2-6,10H,7-9H2,1H3,(H,15,19)(H,16,20)(H,17,18)/t10-/m0/s1. The van der Waals surface area contributed by atoms with Crippen LogP contribution in [-0.4, -0.2) is 35.7 Å². The van der Waals surface area contributed by atoms with Gasteiger partial charge in [0.25, 0.3) is 0 Å². The van der Waals surface area contributed by atoms with Crippen molar-refractivity contribution in [3.05, 3.63) is 35.9 Å². The lowest BCUT2D eigenvalue weighted by Gasteiger charge is -2.13. The third-order valence-corrected chi connectivity index (χ3v) is 2.58. The normalized spacial score (nSPS) is 11.3. The summed E-state index contributed by atoms with van der Waals surface area (Å²) in [4.78, 5) is 33.4. The van der Waals surface area contributed by atoms with Crippen LogP contribution in [0.1, 0.15) is 18.9 Å². The van der Waals surface area contributed by atoms with Crippen LogP contribution < -0.4 is 10.6 Å². The first-order valence-corrected chi connectivity index (χ1v) is 6.45. The molecule has 1 atom stereocenters. The Morgan fingerprint density at radius 1 is 1.24 bits per heavy atom. The highest BCUT2D eigenvalue weighted by Crippen LogP contribution is 2.00. The summed E-state index contributed by atoms with van der Waals surface area (Å²) in [5.74, 6) is -1.47. The number of rotatable bonds is 7. The molecule has 0 unspecified atom stereocenters. The van der Waals surface area contributed by atoms with Crippen LogP contribution in [0.2, 0.25) is 0 Å². The third-order valence-electron chi connectivity index (χ3n) is 2.58. The maximum Gasteiger partial charge on any atom is 0.408 e. The molecule has 0 fully saturated rings. The molecule has 1 aromatic carbocycles. The van der Waals surface area contributed by atoms with Gasteiger partial charge in [-0.25, -0.2) is 4.79 Å². The van der Waals surface area contributed by atoms with Gasteiger partial charge in [0.15, 0.2) is 0 Å². The second-order valence-electron chi connectivity index (χ2n) is 4.36. The molecule has 2 amide bonds. The van der Waals surface area contributed by atoms with Crippen molar-refractivity contribution in [3.63, 3.8) is 0 Å². The number of benzene rings is 1. The average molecular weight is 294 g/mol. The van der Waals surface area contributed by atoms with Gasteiger partial charge in [-0.1, -0.05) is 30.3 Å². The van der Waals surface area contributed by atoms with Gasteiger partial charge < -0.3 is 20.5 Å². The molecule has 1 aromatic rings. The lowest BCUT2D eigenvalue weighted by atomic mass is 10.2. The van der Waals surface area contributed by atoms with Gasteiger partial charge >= 0.3 is 12.1 Å². The largest absolute Gasteiger partial charge is 0.481 e. The Morgan fingerprint density at radius 2 is 1.90 bits per heavy atom. The van der Waals surface area contributed by atoms with E-state index in [4.69, 9.17) is 9.84 Å². The van der Waals surface area contributed by atoms with Crippen molar-refractivity contribution in [1.82, 2.24) is 10.6 Å². The molecule has 0 aliphatic rings. The Bertz CT molecular complexity index is 489. The summed E-state index contributed by atoms with van der Waals surface area (Å²) in [7, 11) is 0. The quantitative estimate of drug-likeness (QED) is 0.692. The first-order valence-electron chi connectivity index (χ1n) is 6.45. The van der Waals surface area contributed by atoms with Crippen LogP contribution in [0, 0.1) is 0 Å². The van der Waals surface area contributed by atoms with Crippen molar-refractivity contribution in [2.45, 2.75) is 26.0 Å². The first kappa shape index (κ1) is 16.5. The first-order chi connectivity index (χ1) is 9.99. The minimum absolute atomic E-state index is 0.0131. The number of ether oxygens (including phenoxy) is 1. The van der Waals surface area contributed by atoms with E-state index >= 15 is 0 Å². The average Bonchev–Trinajstić information content (AvgIpc) is 2.45. The fourth-order valence-electron chi connectivity index (χ4n) is 1.45. The van der Waals surface area contributed by atoms with Crippen molar-refractivity contribution < 1.29 is 24.2 Å². The Kier molecular flexibility index (Phi) is 6.73. The highest BCUT2D eigenvalue weighted by atomic mass is 16.5. The molecule has 7 nitrogen and oxygen atoms in total. The van der Waals surface area contributed by atoms with Gasteiger partial charge in [0.2, 0.25) is 5.91 Å². The van der Waals surface area contributed by atoms with E-state index < -0.39 is 24.0 Å². The number of carbonyl (C=O) groups is 3. The van der Waals surface area contributed by atoms with E-state index in [2.05, 4.69) is 10.6 Å². The van der Waals surface area contributed by atoms with E-state index in [1.54, 1.807) is 0 Å². The van der Waals surface area contributed by atoms with Crippen molar-refractivity contribution in [1.29, 1.82) is 0 Å². The smallest absolute Gasteiger partial charge is 0.408 e. The Labute approximate surface area is 122 Å². The van der Waals surface area contributed by atoms with Crippen LogP contribution in [0.3, 0.4) is 0 Å². The summed E-state index contributed by atoms with van der Waals surface area (Å²) in [6.07, 6.45) is -0.878. The molecular weight excluding hydrogens is 276 g/mol. The fourth-order valence-corrected chi connectivity index (χ4v) is 1.45. The molecule has 0 saturated heterocycles. The molecule has 0 radical (unpaired) electrons. The minimum Gasteiger partial charge on any atom is -0.481 e. The number of amides is 2. The van der Waals surface area contributed by atoms with Crippen LogP contribution in [0.4, 0.5) is 4.79 Å². The maximum absolute atomic E-state index is 11.6. The molecule has 0 saturated carbocycles. The number of aliphatic carboxylic acids is 1. The molecule has 0 bridgehead atoms. The molecule has 0 spiro atoms. The van der Waals surface area contributed by atoms with Gasteiger partial charge in [-0.05, 0) is 12.5 Å². The lowest BCUT2D eigenvalue weighted by Crippen LogP contribution is -2.45. The number of alkyl carbamates (subject to hydrolysis) is 1. The van der Waals surface area contributed by atoms with Crippen LogP contribution in [0.5, 0.6) is 0 Å². The Balaban J connectivity index is 2.26. The topological polar surface area (TPSA) is 105 Å². The highest BCUT2D eigenvalue weighted by Gasteiger charge is 2.16. The molecule has 1 rings (SSSR count). The summed E-state index contributed by atoms with van der Waals surface area (Å²) >= 11 is 0. The van der Waals surface area contributed by atoms with E-state index in [9.17, 15) is 14.4 Å². The lowest BCUT2D eigenvalue weighted by molar-refractivity contribution is -0.137. The van der Waals surface area contributed by atoms with Gasteiger partial charge in [-0.2, -0.15) is 0 Å². The van der Waals surface area contributed by atoms with Gasteiger partial charge in [-0.3, -0.25) is 9.59 Å². The number of carbonyl (C=O) groups excluding carboxylic acids is 2. The minimum atomic E-state index is -1.00. The predicted octanol–water partition coefficient (Wildman–Crippen LogP) is 0.892. The number of carboxylic acids is 1. The van der Waals surface area contributed by atoms with Gasteiger partial charge in [0.05, 0.1) is 6.42 Å². The molecule has 0 aliphatic heterocycles. The van der Waals surface area contributed by atoms with Gasteiger partial charge in [0.1, 0.15) is 12.6 Å². The number of hydrogen-bond acceptors (Lipinski definition) is 4. The summed E-state index contributed by atoms with van der Waals surface area (Å²) in [5.41, 5.74) is 0.839. The number of carboxylic acid groups (broad SMARTS) is 1. The van der Waals surface area contributed by atoms with Crippen molar-refractivity contribution >= 4 is 18.0 Å². The van der Waals surface area contributed by atoms with E-state index in [-0.39, 0.29) is 19.6 Å². The van der Waals surface area contributed by atoms with Gasteiger partial charge in [-0.15, -0.1) is 0 Å². The molecule has 21 heavy (non-hydrogen) atoms. The van der Waals surface area contributed by atoms with Crippen molar-refractivity contribution in [2.24, 2.45) is 0 Å². The number of nitrogens with one attached hydrogen (secondary N) is 2. The molecular formula is C14H18N2O5. The number of hydrogen-bond donors (Lipinski definition) is 3. The van der Waals surface area contributed by atoms with Gasteiger partial charge in [0, 0.05) is 6.54 Å². The monoisotopic (exact) mass is 294 g/mol. The molecule has 0 aromatic heterocycles. The second-order valence-corrected chi connectivity index (χ2v) is 4.36. The molecule has 0 aliphatic carbocycles. The zero-order valence-electron chi connectivity index (χ0n) is 11.7. The summed E-state index contributed by atoms with van der Waals surface area (Å²) in [6, 6.07) is 8.34. The van der Waals surface area contributed by atoms with Crippen molar-refractivity contribution in [2.75, 3.05) is 6.54 Å². The van der Waals surface area contributed by atoms with E-state index in [0.717, 1.165) is 5.56 Å². The second kappa shape index (κ2) is 8.57. The third kappa shape index (κ3) is 6.95. The van der Waals surface area contributed by atoms with Crippen molar-refractivity contribution in [3.8, 4) is 0 Å². The summed E-state index contributed by atoms with van der Waals surface area (Å²) in [6.45, 7) is 1.61. The maximum atomic E-state index is 11.6. The Morgan fingerprint density at radius 3 is 2.52 bits per heavy atom. The molecule has 7 heteroatoms.